The molecule has 3 rings (SSSR count). The summed E-state index contributed by atoms with van der Waals surface area (Å²) < 4.78 is 24.6. The summed E-state index contributed by atoms with van der Waals surface area (Å²) in [4.78, 5) is 40.9. The quantitative estimate of drug-likeness (QED) is 0.566. The number of rotatable bonds is 5. The van der Waals surface area contributed by atoms with Crippen LogP contribution in [0.5, 0.6) is 0 Å². The van der Waals surface area contributed by atoms with E-state index in [-0.39, 0.29) is 11.3 Å². The van der Waals surface area contributed by atoms with E-state index in [1.807, 2.05) is 5.87 Å². The van der Waals surface area contributed by atoms with Crippen molar-refractivity contribution in [3.8, 4) is 0 Å². The van der Waals surface area contributed by atoms with Crippen LogP contribution in [0.25, 0.3) is 0 Å². The van der Waals surface area contributed by atoms with Crippen LogP contribution in [0.3, 0.4) is 0 Å². The number of aliphatic imine (C=N–C) groups is 1. The summed E-state index contributed by atoms with van der Waals surface area (Å²) in [6.07, 6.45) is 2.80. The first-order chi connectivity index (χ1) is 12.8. The average Bonchev–Trinajstić information content (AvgIpc) is 2.62. The van der Waals surface area contributed by atoms with E-state index >= 15 is 0 Å². The van der Waals surface area contributed by atoms with E-state index in [1.54, 1.807) is 5.32 Å². The zero-order valence-electron chi connectivity index (χ0n) is 13.3. The number of aromatic nitrogens is 1. The van der Waals surface area contributed by atoms with Crippen LogP contribution in [-0.4, -0.2) is 33.3 Å². The van der Waals surface area contributed by atoms with E-state index in [2.05, 4.69) is 32.1 Å². The zero-order chi connectivity index (χ0) is 19.4. The van der Waals surface area contributed by atoms with Crippen molar-refractivity contribution in [3.05, 3.63) is 59.3 Å². The summed E-state index contributed by atoms with van der Waals surface area (Å²) >= 11 is 0. The summed E-state index contributed by atoms with van der Waals surface area (Å²) in [6.45, 7) is 0. The largest absolute Gasteiger partial charge is 0.361 e. The Morgan fingerprint density at radius 3 is 2.59 bits per heavy atom. The summed E-state index contributed by atoms with van der Waals surface area (Å²) in [7, 11) is -4.06. The second kappa shape index (κ2) is 7.19. The zero-order valence-corrected chi connectivity index (χ0v) is 14.2. The Labute approximate surface area is 153 Å². The molecule has 10 nitrogen and oxygen atoms in total. The minimum absolute atomic E-state index is 0.152. The number of nitrogens with one attached hydrogen (secondary N) is 3. The fraction of sp³-hybridized carbons (Fsp3) is 0. The Bertz CT molecular complexity index is 1030. The molecule has 1 atom stereocenters. The van der Waals surface area contributed by atoms with E-state index in [4.69, 9.17) is 0 Å². The Morgan fingerprint density at radius 2 is 1.96 bits per heavy atom. The van der Waals surface area contributed by atoms with E-state index in [1.165, 1.54) is 36.7 Å². The predicted octanol–water partition coefficient (Wildman–Crippen LogP) is 1.04. The monoisotopic (exact) mass is 384 g/mol. The van der Waals surface area contributed by atoms with Gasteiger partial charge >= 0.3 is 27.2 Å². The van der Waals surface area contributed by atoms with Gasteiger partial charge in [-0.1, -0.05) is 0 Å². The Morgan fingerprint density at radius 1 is 1.22 bits per heavy atom. The fourth-order valence-corrected chi connectivity index (χ4v) is 3.00. The van der Waals surface area contributed by atoms with Crippen LogP contribution in [0, 0.1) is 12.1 Å². The third-order valence-electron chi connectivity index (χ3n) is 3.16. The molecular formula is C16H10N5O5S+. The molecule has 27 heavy (non-hydrogen) atoms. The lowest BCUT2D eigenvalue weighted by molar-refractivity contribution is -0.115. The van der Waals surface area contributed by atoms with E-state index in [0.29, 0.717) is 5.69 Å². The highest BCUT2D eigenvalue weighted by Gasteiger charge is 2.41. The first-order valence-electron chi connectivity index (χ1n) is 7.23. The fourth-order valence-electron chi connectivity index (χ4n) is 1.97. The maximum absolute atomic E-state index is 12.3. The van der Waals surface area contributed by atoms with Crippen molar-refractivity contribution in [3.63, 3.8) is 0 Å². The van der Waals surface area contributed by atoms with Gasteiger partial charge in [0.25, 0.3) is 5.91 Å². The molecule has 1 aliphatic rings. The van der Waals surface area contributed by atoms with Gasteiger partial charge in [0.1, 0.15) is 5.69 Å². The molecule has 134 valence electrons. The molecule has 2 aromatic rings. The molecule has 0 saturated carbocycles. The number of hydrogen-bond donors (Lipinski definition) is 4. The molecule has 0 radical (unpaired) electrons. The van der Waals surface area contributed by atoms with Crippen molar-refractivity contribution in [2.75, 3.05) is 10.0 Å². The summed E-state index contributed by atoms with van der Waals surface area (Å²) in [5.74, 6) is 0.437. The number of benzene rings is 1. The molecule has 0 aliphatic carbocycles. The molecule has 0 saturated heterocycles. The standard InChI is InChI=1S/C16H9N5O5S/c22-14(19-12-2-1-7-17-8-12)10-3-5-11(6-4-10)21-27(25,26)13-9-18-16(24)20-15(13)23/h3-8H,(H3-,19,20,21,22,23,24,25,26)/p+1. The molecule has 11 heteroatoms. The minimum Gasteiger partial charge on any atom is -0.314 e. The maximum Gasteiger partial charge on any atom is 0.361 e. The van der Waals surface area contributed by atoms with Gasteiger partial charge in [-0.25, -0.2) is 4.79 Å². The van der Waals surface area contributed by atoms with Gasteiger partial charge in [0.2, 0.25) is 0 Å². The molecule has 0 bridgehead atoms. The second-order valence-electron chi connectivity index (χ2n) is 5.06. The van der Waals surface area contributed by atoms with Gasteiger partial charge in [0.05, 0.1) is 24.0 Å². The molecule has 1 aromatic heterocycles. The molecule has 0 fully saturated rings. The first-order valence-corrected chi connectivity index (χ1v) is 8.75. The van der Waals surface area contributed by atoms with Crippen LogP contribution in [0.1, 0.15) is 10.4 Å². The second-order valence-corrected chi connectivity index (χ2v) is 6.73. The summed E-state index contributed by atoms with van der Waals surface area (Å²) in [6, 6.07) is 9.84. The van der Waals surface area contributed by atoms with Crippen LogP contribution in [0.15, 0.2) is 46.6 Å². The maximum atomic E-state index is 12.3. The van der Waals surface area contributed by atoms with Gasteiger partial charge < -0.3 is 5.32 Å². The van der Waals surface area contributed by atoms with Gasteiger partial charge in [0.15, 0.2) is 0 Å². The smallest absolute Gasteiger partial charge is 0.314 e. The van der Waals surface area contributed by atoms with Gasteiger partial charge in [-0.05, 0) is 40.6 Å². The molecule has 0 spiro atoms. The Balaban J connectivity index is 1.73. The third kappa shape index (κ3) is 4.23. The van der Waals surface area contributed by atoms with Crippen LogP contribution in [-0.2, 0) is 19.4 Å². The summed E-state index contributed by atoms with van der Waals surface area (Å²) in [5, 5.41) is 4.34. The normalized spacial score (nSPS) is 15.1. The third-order valence-corrected chi connectivity index (χ3v) is 4.51. The van der Waals surface area contributed by atoms with E-state index in [0.717, 1.165) is 0 Å². The van der Waals surface area contributed by atoms with E-state index < -0.39 is 33.2 Å². The predicted molar refractivity (Wildman–Crippen MR) is 95.1 cm³/mol. The molecule has 1 unspecified atom stereocenters. The number of nitrogens with zero attached hydrogens (tertiary/aromatic N) is 2. The molecule has 4 amide bonds. The highest BCUT2D eigenvalue weighted by Crippen LogP contribution is 2.19. The van der Waals surface area contributed by atoms with Crippen molar-refractivity contribution in [2.24, 2.45) is 4.99 Å². The van der Waals surface area contributed by atoms with Crippen molar-refractivity contribution in [2.45, 2.75) is 0 Å². The highest BCUT2D eigenvalue weighted by atomic mass is 32.3. The topological polar surface area (TPSA) is 150 Å². The number of amides is 4. The Kier molecular flexibility index (Phi) is 4.78. The van der Waals surface area contributed by atoms with Crippen LogP contribution >= 0.6 is 0 Å². The van der Waals surface area contributed by atoms with Crippen molar-refractivity contribution < 1.29 is 23.1 Å². The number of anilines is 2. The minimum atomic E-state index is -4.06. The number of hydrogen-bond acceptors (Lipinski definition) is 5. The van der Waals surface area contributed by atoms with Gasteiger partial charge in [0, 0.05) is 5.56 Å². The van der Waals surface area contributed by atoms with Crippen LogP contribution in [0.2, 0.25) is 0 Å². The lowest BCUT2D eigenvalue weighted by Gasteiger charge is -2.09. The molecule has 1 aliphatic heterocycles. The lowest BCUT2D eigenvalue weighted by Crippen LogP contribution is -2.39. The van der Waals surface area contributed by atoms with Gasteiger partial charge in [-0.3, -0.25) is 19.9 Å². The number of urea groups is 1. The molecule has 1 aromatic carbocycles. The average molecular weight is 384 g/mol. The SMILES string of the molecule is O=C1N=C=C([S+](=O)(O)Nc2ccc(C(=O)Nc3c#ccnc3)cc2)C(=O)N1. The van der Waals surface area contributed by atoms with Gasteiger partial charge in [-0.2, -0.15) is 9.27 Å². The molecular weight excluding hydrogens is 374 g/mol. The first kappa shape index (κ1) is 18.0. The Hall–Kier alpha value is -3.84. The van der Waals surface area contributed by atoms with Crippen molar-refractivity contribution >= 4 is 45.5 Å². The molecule has 4 N–H and O–H groups in total. The van der Waals surface area contributed by atoms with Crippen LogP contribution < -0.4 is 15.4 Å². The number of carbonyl (C=O) groups is 3. The molecule has 2 heterocycles. The lowest BCUT2D eigenvalue weighted by atomic mass is 10.2. The van der Waals surface area contributed by atoms with Crippen molar-refractivity contribution in [1.82, 2.24) is 10.3 Å². The summed E-state index contributed by atoms with van der Waals surface area (Å²) in [5.41, 5.74) is 0.760. The van der Waals surface area contributed by atoms with Crippen LogP contribution in [0.4, 0.5) is 16.2 Å². The number of imide groups is 1. The number of carbonyl (C=O) groups excluding carboxylic acids is 3. The van der Waals surface area contributed by atoms with Crippen molar-refractivity contribution in [1.29, 1.82) is 0 Å². The van der Waals surface area contributed by atoms with E-state index in [9.17, 15) is 23.1 Å². The highest BCUT2D eigenvalue weighted by molar-refractivity contribution is 8.03. The van der Waals surface area contributed by atoms with Gasteiger partial charge in [-0.15, -0.1) is 4.99 Å².